The number of nitrogens with one attached hydrogen (secondary N) is 1. The van der Waals surface area contributed by atoms with Crippen molar-refractivity contribution in [3.8, 4) is 17.2 Å². The van der Waals surface area contributed by atoms with Gasteiger partial charge in [0.2, 0.25) is 5.91 Å². The highest BCUT2D eigenvalue weighted by Crippen LogP contribution is 2.33. The number of amides is 2. The van der Waals surface area contributed by atoms with Crippen molar-refractivity contribution < 1.29 is 19.1 Å². The molecule has 2 fully saturated rings. The number of nitriles is 1. The minimum atomic E-state index is -0.601. The van der Waals surface area contributed by atoms with Crippen LogP contribution in [0.2, 0.25) is 5.02 Å². The standard InChI is InChI=1S/C30H35ClN6O4/c1-30(2,3)41-29(39)36-8-4-5-20(17-36)28(38)35-26-12-23(24(31)15-33-26)21-11-25-27(34-14-21)22(13-32)18-37(25)16-19-6-9-40-10-7-19/h11-12,14-15,18-20H,4-10,16-17H2,1-3H3,(H,33,35,38). The van der Waals surface area contributed by atoms with Crippen molar-refractivity contribution in [2.24, 2.45) is 11.8 Å². The van der Waals surface area contributed by atoms with E-state index < -0.39 is 11.7 Å². The van der Waals surface area contributed by atoms with Crippen LogP contribution in [0.5, 0.6) is 0 Å². The molecule has 41 heavy (non-hydrogen) atoms. The van der Waals surface area contributed by atoms with E-state index >= 15 is 0 Å². The molecule has 3 aromatic heterocycles. The normalized spacial score (nSPS) is 18.2. The third kappa shape index (κ3) is 6.80. The predicted octanol–water partition coefficient (Wildman–Crippen LogP) is 5.64. The van der Waals surface area contributed by atoms with Gasteiger partial charge < -0.3 is 24.3 Å². The zero-order chi connectivity index (χ0) is 29.1. The number of carbonyl (C=O) groups excluding carboxylic acids is 2. The fraction of sp³-hybridized carbons (Fsp3) is 0.500. The van der Waals surface area contributed by atoms with Crippen molar-refractivity contribution in [3.63, 3.8) is 0 Å². The summed E-state index contributed by atoms with van der Waals surface area (Å²) < 4.78 is 13.1. The summed E-state index contributed by atoms with van der Waals surface area (Å²) in [5.41, 5.74) is 2.85. The highest BCUT2D eigenvalue weighted by Gasteiger charge is 2.31. The van der Waals surface area contributed by atoms with E-state index in [2.05, 4.69) is 25.9 Å². The first kappa shape index (κ1) is 28.8. The first-order chi connectivity index (χ1) is 19.6. The van der Waals surface area contributed by atoms with E-state index in [1.807, 2.05) is 33.0 Å². The second kappa shape index (κ2) is 12.0. The van der Waals surface area contributed by atoms with E-state index in [1.54, 1.807) is 17.2 Å². The van der Waals surface area contributed by atoms with Gasteiger partial charge in [0.1, 0.15) is 23.0 Å². The van der Waals surface area contributed by atoms with Gasteiger partial charge in [-0.25, -0.2) is 9.78 Å². The van der Waals surface area contributed by atoms with Crippen molar-refractivity contribution in [3.05, 3.63) is 41.3 Å². The van der Waals surface area contributed by atoms with Gasteiger partial charge in [-0.2, -0.15) is 5.26 Å². The van der Waals surface area contributed by atoms with Gasteiger partial charge in [0, 0.05) is 62.6 Å². The fourth-order valence-electron chi connectivity index (χ4n) is 5.39. The average molecular weight is 579 g/mol. The number of piperidine rings is 1. The van der Waals surface area contributed by atoms with Crippen LogP contribution in [0.4, 0.5) is 10.6 Å². The molecular formula is C30H35ClN6O4. The molecule has 0 spiro atoms. The lowest BCUT2D eigenvalue weighted by atomic mass is 9.97. The zero-order valence-corrected chi connectivity index (χ0v) is 24.4. The number of aromatic nitrogens is 3. The van der Waals surface area contributed by atoms with Gasteiger partial charge >= 0.3 is 6.09 Å². The first-order valence-electron chi connectivity index (χ1n) is 14.0. The number of carbonyl (C=O) groups is 2. The number of hydrogen-bond acceptors (Lipinski definition) is 7. The number of pyridine rings is 2. The van der Waals surface area contributed by atoms with Crippen LogP contribution in [0.15, 0.2) is 30.7 Å². The molecule has 11 heteroatoms. The molecular weight excluding hydrogens is 544 g/mol. The smallest absolute Gasteiger partial charge is 0.410 e. The maximum atomic E-state index is 13.2. The maximum Gasteiger partial charge on any atom is 0.410 e. The fourth-order valence-corrected chi connectivity index (χ4v) is 5.61. The lowest BCUT2D eigenvalue weighted by Gasteiger charge is -2.33. The van der Waals surface area contributed by atoms with E-state index in [0.29, 0.717) is 52.8 Å². The quantitative estimate of drug-likeness (QED) is 0.416. The van der Waals surface area contributed by atoms with Crippen LogP contribution < -0.4 is 5.32 Å². The lowest BCUT2D eigenvalue weighted by Crippen LogP contribution is -2.45. The molecule has 216 valence electrons. The minimum Gasteiger partial charge on any atom is -0.444 e. The molecule has 3 aromatic rings. The molecule has 1 unspecified atom stereocenters. The van der Waals surface area contributed by atoms with Crippen molar-refractivity contribution in [1.82, 2.24) is 19.4 Å². The topological polar surface area (TPSA) is 122 Å². The van der Waals surface area contributed by atoms with Gasteiger partial charge in [0.25, 0.3) is 0 Å². The SMILES string of the molecule is CC(C)(C)OC(=O)N1CCCC(C(=O)Nc2cc(-c3cnc4c(C#N)cn(CC5CCOCC5)c4c3)c(Cl)cn2)C1. The van der Waals surface area contributed by atoms with Crippen LogP contribution in [0, 0.1) is 23.2 Å². The van der Waals surface area contributed by atoms with Gasteiger partial charge in [-0.05, 0) is 64.5 Å². The second-order valence-electron chi connectivity index (χ2n) is 11.8. The number of fused-ring (bicyclic) bond motifs is 1. The van der Waals surface area contributed by atoms with Crippen molar-refractivity contribution >= 4 is 40.5 Å². The largest absolute Gasteiger partial charge is 0.444 e. The molecule has 5 heterocycles. The molecule has 0 bridgehead atoms. The van der Waals surface area contributed by atoms with Crippen LogP contribution in [-0.4, -0.2) is 63.3 Å². The van der Waals surface area contributed by atoms with Crippen molar-refractivity contribution in [1.29, 1.82) is 5.26 Å². The van der Waals surface area contributed by atoms with Crippen LogP contribution in [0.1, 0.15) is 52.0 Å². The summed E-state index contributed by atoms with van der Waals surface area (Å²) in [7, 11) is 0. The average Bonchev–Trinajstić information content (AvgIpc) is 3.30. The summed E-state index contributed by atoms with van der Waals surface area (Å²) in [6.45, 7) is 8.58. The van der Waals surface area contributed by atoms with E-state index in [4.69, 9.17) is 21.1 Å². The summed E-state index contributed by atoms with van der Waals surface area (Å²) in [4.78, 5) is 36.3. The Kier molecular flexibility index (Phi) is 8.47. The number of likely N-dealkylation sites (tertiary alicyclic amines) is 1. The molecule has 0 aromatic carbocycles. The van der Waals surface area contributed by atoms with E-state index in [0.717, 1.165) is 43.7 Å². The Bertz CT molecular complexity index is 1480. The van der Waals surface area contributed by atoms with Crippen LogP contribution >= 0.6 is 11.6 Å². The summed E-state index contributed by atoms with van der Waals surface area (Å²) in [5, 5.41) is 13.0. The molecule has 1 N–H and O–H groups in total. The van der Waals surface area contributed by atoms with Gasteiger partial charge in [-0.1, -0.05) is 11.6 Å². The second-order valence-corrected chi connectivity index (χ2v) is 12.2. The predicted molar refractivity (Wildman–Crippen MR) is 155 cm³/mol. The third-order valence-electron chi connectivity index (χ3n) is 7.49. The Morgan fingerprint density at radius 2 is 1.98 bits per heavy atom. The Morgan fingerprint density at radius 3 is 2.71 bits per heavy atom. The highest BCUT2D eigenvalue weighted by atomic mass is 35.5. The summed E-state index contributed by atoms with van der Waals surface area (Å²) in [6.07, 6.45) is 7.97. The first-order valence-corrected chi connectivity index (χ1v) is 14.4. The Balaban J connectivity index is 1.35. The van der Waals surface area contributed by atoms with Gasteiger partial charge in [0.05, 0.1) is 22.0 Å². The molecule has 0 saturated carbocycles. The minimum absolute atomic E-state index is 0.211. The van der Waals surface area contributed by atoms with Crippen LogP contribution in [-0.2, 0) is 20.8 Å². The molecule has 2 amide bonds. The number of nitrogens with zero attached hydrogens (tertiary/aromatic N) is 5. The zero-order valence-electron chi connectivity index (χ0n) is 23.7. The number of rotatable bonds is 5. The molecule has 10 nitrogen and oxygen atoms in total. The van der Waals surface area contributed by atoms with E-state index in [9.17, 15) is 14.9 Å². The van der Waals surface area contributed by atoms with Gasteiger partial charge in [0.15, 0.2) is 0 Å². The molecule has 2 aliphatic rings. The van der Waals surface area contributed by atoms with E-state index in [-0.39, 0.29) is 18.4 Å². The molecule has 2 saturated heterocycles. The maximum absolute atomic E-state index is 13.2. The Labute approximate surface area is 244 Å². The van der Waals surface area contributed by atoms with Crippen LogP contribution in [0.25, 0.3) is 22.2 Å². The van der Waals surface area contributed by atoms with Crippen molar-refractivity contribution in [2.75, 3.05) is 31.6 Å². The number of hydrogen-bond donors (Lipinski definition) is 1. The summed E-state index contributed by atoms with van der Waals surface area (Å²) >= 11 is 6.57. The Hall–Kier alpha value is -3.68. The molecule has 0 aliphatic carbocycles. The van der Waals surface area contributed by atoms with Gasteiger partial charge in [-0.15, -0.1) is 0 Å². The van der Waals surface area contributed by atoms with Crippen molar-refractivity contribution in [2.45, 2.75) is 58.6 Å². The summed E-state index contributed by atoms with van der Waals surface area (Å²) in [6, 6.07) is 5.97. The molecule has 1 atom stereocenters. The molecule has 2 aliphatic heterocycles. The van der Waals surface area contributed by atoms with E-state index in [1.165, 1.54) is 6.20 Å². The highest BCUT2D eigenvalue weighted by molar-refractivity contribution is 6.33. The number of halogens is 1. The van der Waals surface area contributed by atoms with Gasteiger partial charge in [-0.3, -0.25) is 9.78 Å². The van der Waals surface area contributed by atoms with Crippen LogP contribution in [0.3, 0.4) is 0 Å². The Morgan fingerprint density at radius 1 is 1.20 bits per heavy atom. The summed E-state index contributed by atoms with van der Waals surface area (Å²) in [5.74, 6) is 0.232. The number of anilines is 1. The molecule has 5 rings (SSSR count). The third-order valence-corrected chi connectivity index (χ3v) is 7.80. The number of ether oxygens (including phenoxy) is 2. The molecule has 0 radical (unpaired) electrons. The monoisotopic (exact) mass is 578 g/mol. The lowest BCUT2D eigenvalue weighted by molar-refractivity contribution is -0.121.